The van der Waals surface area contributed by atoms with Crippen molar-refractivity contribution >= 4 is 5.91 Å². The quantitative estimate of drug-likeness (QED) is 0.638. The van der Waals surface area contributed by atoms with E-state index in [1.165, 1.54) is 0 Å². The second kappa shape index (κ2) is 4.48. The van der Waals surface area contributed by atoms with Crippen molar-refractivity contribution in [3.05, 3.63) is 0 Å². The molecular weight excluding hydrogens is 150 g/mol. The molecule has 0 heterocycles. The summed E-state index contributed by atoms with van der Waals surface area (Å²) in [6, 6.07) is 0. The van der Waals surface area contributed by atoms with Crippen molar-refractivity contribution in [1.29, 1.82) is 0 Å². The van der Waals surface area contributed by atoms with Gasteiger partial charge in [-0.1, -0.05) is 13.3 Å². The van der Waals surface area contributed by atoms with Crippen LogP contribution in [0, 0.1) is 0 Å². The SMILES string of the molecule is CCCCC(=O)N(C)C(C)(C)C. The van der Waals surface area contributed by atoms with Crippen LogP contribution in [-0.2, 0) is 4.79 Å². The molecule has 0 aliphatic rings. The average Bonchev–Trinajstić information content (AvgIpc) is 1.97. The van der Waals surface area contributed by atoms with Gasteiger partial charge in [-0.2, -0.15) is 0 Å². The molecule has 1 amide bonds. The molecule has 0 saturated carbocycles. The molecule has 0 aromatic carbocycles. The molecule has 0 aliphatic carbocycles. The summed E-state index contributed by atoms with van der Waals surface area (Å²) in [7, 11) is 1.87. The van der Waals surface area contributed by atoms with E-state index in [9.17, 15) is 4.79 Å². The number of amides is 1. The van der Waals surface area contributed by atoms with Crippen LogP contribution in [0.3, 0.4) is 0 Å². The lowest BCUT2D eigenvalue weighted by Gasteiger charge is -2.32. The van der Waals surface area contributed by atoms with Crippen LogP contribution in [0.4, 0.5) is 0 Å². The molecule has 0 bridgehead atoms. The monoisotopic (exact) mass is 171 g/mol. The second-order valence-corrected chi connectivity index (χ2v) is 4.23. The summed E-state index contributed by atoms with van der Waals surface area (Å²) in [5.74, 6) is 0.254. The molecule has 0 rings (SSSR count). The van der Waals surface area contributed by atoms with Gasteiger partial charge in [0.05, 0.1) is 0 Å². The van der Waals surface area contributed by atoms with Crippen molar-refractivity contribution in [2.45, 2.75) is 52.5 Å². The largest absolute Gasteiger partial charge is 0.341 e. The van der Waals surface area contributed by atoms with Gasteiger partial charge in [-0.3, -0.25) is 4.79 Å². The molecule has 0 aliphatic heterocycles. The van der Waals surface area contributed by atoms with Crippen LogP contribution in [0.1, 0.15) is 47.0 Å². The van der Waals surface area contributed by atoms with Crippen molar-refractivity contribution in [3.8, 4) is 0 Å². The third kappa shape index (κ3) is 3.74. The van der Waals surface area contributed by atoms with Crippen molar-refractivity contribution < 1.29 is 4.79 Å². The molecular formula is C10H21NO. The molecule has 0 N–H and O–H groups in total. The molecule has 0 fully saturated rings. The maximum absolute atomic E-state index is 11.5. The summed E-state index contributed by atoms with van der Waals surface area (Å²) in [6.07, 6.45) is 2.77. The van der Waals surface area contributed by atoms with E-state index >= 15 is 0 Å². The highest BCUT2D eigenvalue weighted by molar-refractivity contribution is 5.76. The van der Waals surface area contributed by atoms with Crippen molar-refractivity contribution in [1.82, 2.24) is 4.90 Å². The third-order valence-corrected chi connectivity index (χ3v) is 2.12. The summed E-state index contributed by atoms with van der Waals surface area (Å²) in [5.41, 5.74) is -0.0369. The lowest BCUT2D eigenvalue weighted by atomic mass is 10.1. The lowest BCUT2D eigenvalue weighted by Crippen LogP contribution is -2.42. The zero-order chi connectivity index (χ0) is 9.78. The molecule has 0 spiro atoms. The molecule has 0 atom stereocenters. The van der Waals surface area contributed by atoms with E-state index in [0.29, 0.717) is 6.42 Å². The third-order valence-electron chi connectivity index (χ3n) is 2.12. The van der Waals surface area contributed by atoms with Crippen LogP contribution in [0.5, 0.6) is 0 Å². The highest BCUT2D eigenvalue weighted by Gasteiger charge is 2.21. The van der Waals surface area contributed by atoms with Gasteiger partial charge in [0, 0.05) is 19.0 Å². The van der Waals surface area contributed by atoms with Crippen molar-refractivity contribution in [2.75, 3.05) is 7.05 Å². The van der Waals surface area contributed by atoms with Gasteiger partial charge in [-0.05, 0) is 27.2 Å². The molecule has 72 valence electrons. The number of carbonyl (C=O) groups is 1. The fraction of sp³-hybridized carbons (Fsp3) is 0.900. The zero-order valence-electron chi connectivity index (χ0n) is 8.98. The highest BCUT2D eigenvalue weighted by Crippen LogP contribution is 2.12. The fourth-order valence-electron chi connectivity index (χ4n) is 0.870. The minimum Gasteiger partial charge on any atom is -0.341 e. The molecule has 12 heavy (non-hydrogen) atoms. The molecule has 0 unspecified atom stereocenters. The minimum atomic E-state index is -0.0369. The predicted molar refractivity (Wildman–Crippen MR) is 52.0 cm³/mol. The van der Waals surface area contributed by atoms with E-state index in [-0.39, 0.29) is 11.4 Å². The Morgan fingerprint density at radius 3 is 2.17 bits per heavy atom. The van der Waals surface area contributed by atoms with Gasteiger partial charge in [-0.15, -0.1) is 0 Å². The second-order valence-electron chi connectivity index (χ2n) is 4.23. The van der Waals surface area contributed by atoms with Gasteiger partial charge in [0.15, 0.2) is 0 Å². The van der Waals surface area contributed by atoms with Gasteiger partial charge in [-0.25, -0.2) is 0 Å². The first kappa shape index (κ1) is 11.5. The fourth-order valence-corrected chi connectivity index (χ4v) is 0.870. The van der Waals surface area contributed by atoms with Gasteiger partial charge in [0.1, 0.15) is 0 Å². The molecule has 2 heteroatoms. The predicted octanol–water partition coefficient (Wildman–Crippen LogP) is 2.43. The van der Waals surface area contributed by atoms with Gasteiger partial charge < -0.3 is 4.90 Å². The summed E-state index contributed by atoms with van der Waals surface area (Å²) in [6.45, 7) is 8.26. The van der Waals surface area contributed by atoms with E-state index in [4.69, 9.17) is 0 Å². The van der Waals surface area contributed by atoms with Gasteiger partial charge in [0.2, 0.25) is 5.91 Å². The maximum atomic E-state index is 11.5. The van der Waals surface area contributed by atoms with Crippen LogP contribution < -0.4 is 0 Å². The van der Waals surface area contributed by atoms with Gasteiger partial charge >= 0.3 is 0 Å². The molecule has 0 aromatic rings. The average molecular weight is 171 g/mol. The molecule has 2 nitrogen and oxygen atoms in total. The van der Waals surface area contributed by atoms with Crippen LogP contribution in [0.15, 0.2) is 0 Å². The lowest BCUT2D eigenvalue weighted by molar-refractivity contribution is -0.134. The summed E-state index contributed by atoms with van der Waals surface area (Å²) in [4.78, 5) is 13.3. The van der Waals surface area contributed by atoms with E-state index < -0.39 is 0 Å². The Kier molecular flexibility index (Phi) is 4.29. The number of nitrogens with zero attached hydrogens (tertiary/aromatic N) is 1. The van der Waals surface area contributed by atoms with Crippen molar-refractivity contribution in [2.24, 2.45) is 0 Å². The number of rotatable bonds is 3. The zero-order valence-corrected chi connectivity index (χ0v) is 8.98. The van der Waals surface area contributed by atoms with E-state index in [1.807, 2.05) is 11.9 Å². The molecule has 0 radical (unpaired) electrons. The Labute approximate surface area is 75.9 Å². The number of hydrogen-bond acceptors (Lipinski definition) is 1. The van der Waals surface area contributed by atoms with E-state index in [0.717, 1.165) is 12.8 Å². The van der Waals surface area contributed by atoms with E-state index in [1.54, 1.807) is 0 Å². The Morgan fingerprint density at radius 2 is 1.83 bits per heavy atom. The maximum Gasteiger partial charge on any atom is 0.222 e. The van der Waals surface area contributed by atoms with Crippen LogP contribution >= 0.6 is 0 Å². The van der Waals surface area contributed by atoms with Crippen LogP contribution in [0.2, 0.25) is 0 Å². The minimum absolute atomic E-state index is 0.0369. The van der Waals surface area contributed by atoms with Crippen LogP contribution in [-0.4, -0.2) is 23.4 Å². The first-order valence-corrected chi connectivity index (χ1v) is 4.66. The first-order chi connectivity index (χ1) is 5.39. The molecule has 0 aromatic heterocycles. The Balaban J connectivity index is 3.94. The Hall–Kier alpha value is -0.530. The molecule has 0 saturated heterocycles. The topological polar surface area (TPSA) is 20.3 Å². The number of unbranched alkanes of at least 4 members (excludes halogenated alkanes) is 1. The summed E-state index contributed by atoms with van der Waals surface area (Å²) < 4.78 is 0. The summed E-state index contributed by atoms with van der Waals surface area (Å²) in [5, 5.41) is 0. The Bertz CT molecular complexity index is 146. The van der Waals surface area contributed by atoms with E-state index in [2.05, 4.69) is 27.7 Å². The Morgan fingerprint density at radius 1 is 1.33 bits per heavy atom. The first-order valence-electron chi connectivity index (χ1n) is 4.66. The summed E-state index contributed by atoms with van der Waals surface area (Å²) >= 11 is 0. The number of hydrogen-bond donors (Lipinski definition) is 0. The number of carbonyl (C=O) groups excluding carboxylic acids is 1. The van der Waals surface area contributed by atoms with Gasteiger partial charge in [0.25, 0.3) is 0 Å². The van der Waals surface area contributed by atoms with Crippen molar-refractivity contribution in [3.63, 3.8) is 0 Å². The highest BCUT2D eigenvalue weighted by atomic mass is 16.2. The van der Waals surface area contributed by atoms with Crippen LogP contribution in [0.25, 0.3) is 0 Å². The smallest absolute Gasteiger partial charge is 0.222 e. The standard InChI is InChI=1S/C10H21NO/c1-6-7-8-9(12)11(5)10(2,3)4/h6-8H2,1-5H3. The normalized spacial score (nSPS) is 11.4.